The van der Waals surface area contributed by atoms with Crippen molar-refractivity contribution in [2.75, 3.05) is 27.4 Å². The average molecular weight is 664 g/mol. The zero-order chi connectivity index (χ0) is 33.6. The maximum atomic E-state index is 14.2. The van der Waals surface area contributed by atoms with E-state index in [1.54, 1.807) is 58.4 Å². The highest BCUT2D eigenvalue weighted by atomic mass is 32.1. The van der Waals surface area contributed by atoms with Crippen molar-refractivity contribution in [2.24, 2.45) is 0 Å². The number of rotatable bonds is 6. The lowest BCUT2D eigenvalue weighted by Gasteiger charge is -2.37. The van der Waals surface area contributed by atoms with Gasteiger partial charge in [-0.1, -0.05) is 24.3 Å². The number of ether oxygens (including phenoxy) is 4. The van der Waals surface area contributed by atoms with Gasteiger partial charge >= 0.3 is 5.97 Å². The summed E-state index contributed by atoms with van der Waals surface area (Å²) in [7, 11) is 3.15. The molecule has 2 aliphatic rings. The van der Waals surface area contributed by atoms with Gasteiger partial charge in [0, 0.05) is 11.4 Å². The van der Waals surface area contributed by atoms with Gasteiger partial charge in [0.05, 0.1) is 14.2 Å². The van der Waals surface area contributed by atoms with E-state index in [2.05, 4.69) is 10.6 Å². The fourth-order valence-electron chi connectivity index (χ4n) is 5.87. The zero-order valence-corrected chi connectivity index (χ0v) is 27.9. The third kappa shape index (κ3) is 8.05. The number of thiophene rings is 1. The summed E-state index contributed by atoms with van der Waals surface area (Å²) in [4.78, 5) is 56.8. The van der Waals surface area contributed by atoms with E-state index in [4.69, 9.17) is 18.9 Å². The van der Waals surface area contributed by atoms with Gasteiger partial charge in [-0.15, -0.1) is 11.3 Å². The number of esters is 1. The molecule has 1 fully saturated rings. The highest BCUT2D eigenvalue weighted by Gasteiger charge is 2.41. The normalized spacial score (nSPS) is 22.1. The summed E-state index contributed by atoms with van der Waals surface area (Å²) in [5.74, 6) is -0.359. The maximum Gasteiger partial charge on any atom is 0.329 e. The van der Waals surface area contributed by atoms with Crippen LogP contribution in [0.1, 0.15) is 67.7 Å². The number of carbonyl (C=O) groups is 4. The van der Waals surface area contributed by atoms with Crippen LogP contribution < -0.4 is 24.8 Å². The highest BCUT2D eigenvalue weighted by molar-refractivity contribution is 7.10. The SMILES string of the molecule is COc1ccc(CC[C@H]2OC(=O)[C@@H]3CCCCN3C(=O)[C@@H](c3cccs3)NC(=O)C(C)(C)NC(=O)COc3cccc2c3)cc1OC. The molecule has 3 amide bonds. The van der Waals surface area contributed by atoms with Gasteiger partial charge < -0.3 is 34.5 Å². The summed E-state index contributed by atoms with van der Waals surface area (Å²) in [5, 5.41) is 7.39. The molecule has 47 heavy (non-hydrogen) atoms. The number of aryl methyl sites for hydroxylation is 1. The van der Waals surface area contributed by atoms with Crippen molar-refractivity contribution >= 4 is 35.0 Å². The maximum absolute atomic E-state index is 14.2. The lowest BCUT2D eigenvalue weighted by Crippen LogP contribution is -2.58. The van der Waals surface area contributed by atoms with Crippen LogP contribution in [0, 0.1) is 0 Å². The van der Waals surface area contributed by atoms with Gasteiger partial charge in [0.1, 0.15) is 29.5 Å². The Hall–Kier alpha value is -4.58. The number of carbonyl (C=O) groups excluding carboxylic acids is 4. The van der Waals surface area contributed by atoms with E-state index in [0.29, 0.717) is 59.9 Å². The molecule has 5 rings (SSSR count). The number of hydrogen-bond donors (Lipinski definition) is 2. The Morgan fingerprint density at radius 3 is 2.53 bits per heavy atom. The van der Waals surface area contributed by atoms with Gasteiger partial charge in [0.2, 0.25) is 5.91 Å². The first kappa shape index (κ1) is 33.8. The van der Waals surface area contributed by atoms with Crippen LogP contribution in [0.5, 0.6) is 17.2 Å². The number of cyclic esters (lactones) is 1. The number of amides is 3. The molecule has 250 valence electrons. The number of nitrogens with one attached hydrogen (secondary N) is 2. The number of fused-ring (bicyclic) bond motifs is 3. The Labute approximate surface area is 278 Å². The molecule has 2 aromatic carbocycles. The molecule has 2 bridgehead atoms. The first-order valence-electron chi connectivity index (χ1n) is 15.7. The van der Waals surface area contributed by atoms with Crippen LogP contribution in [0.25, 0.3) is 0 Å². The molecule has 3 heterocycles. The second kappa shape index (κ2) is 14.9. The standard InChI is InChI=1S/C35H41N3O8S/c1-35(2)34(42)36-31(29-12-8-18-47-29)32(40)38-17-6-5-11-25(38)33(41)46-26(15-13-22-14-16-27(43-3)28(19-22)44-4)23-9-7-10-24(20-23)45-21-30(39)37-35/h7-10,12,14,16,18-20,25-26,31H,5-6,11,13,15,17,21H2,1-4H3,(H,36,42)(H,37,39)/t25-,26+,31+/m0/s1. The largest absolute Gasteiger partial charge is 0.493 e. The van der Waals surface area contributed by atoms with Crippen molar-refractivity contribution in [3.8, 4) is 17.2 Å². The summed E-state index contributed by atoms with van der Waals surface area (Å²) >= 11 is 1.33. The smallest absolute Gasteiger partial charge is 0.329 e. The van der Waals surface area contributed by atoms with Crippen LogP contribution >= 0.6 is 11.3 Å². The third-order valence-corrected chi connectivity index (χ3v) is 9.37. The van der Waals surface area contributed by atoms with Crippen LogP contribution in [0.15, 0.2) is 60.0 Å². The van der Waals surface area contributed by atoms with Gasteiger partial charge in [-0.2, -0.15) is 0 Å². The van der Waals surface area contributed by atoms with E-state index in [-0.39, 0.29) is 6.61 Å². The number of piperidine rings is 1. The van der Waals surface area contributed by atoms with Crippen LogP contribution in [0.2, 0.25) is 0 Å². The second-order valence-electron chi connectivity index (χ2n) is 12.2. The van der Waals surface area contributed by atoms with E-state index in [1.165, 1.54) is 16.2 Å². The molecule has 0 saturated carbocycles. The van der Waals surface area contributed by atoms with Gasteiger partial charge in [0.25, 0.3) is 11.8 Å². The van der Waals surface area contributed by atoms with Gasteiger partial charge in [-0.25, -0.2) is 4.79 Å². The molecule has 11 nitrogen and oxygen atoms in total. The zero-order valence-electron chi connectivity index (χ0n) is 27.1. The van der Waals surface area contributed by atoms with Crippen molar-refractivity contribution in [1.82, 2.24) is 15.5 Å². The first-order chi connectivity index (χ1) is 22.6. The lowest BCUT2D eigenvalue weighted by atomic mass is 9.98. The highest BCUT2D eigenvalue weighted by Crippen LogP contribution is 2.33. The molecule has 3 atom stereocenters. The molecule has 0 spiro atoms. The molecule has 1 aromatic heterocycles. The summed E-state index contributed by atoms with van der Waals surface area (Å²) in [6, 6.07) is 14.4. The predicted octanol–water partition coefficient (Wildman–Crippen LogP) is 4.51. The van der Waals surface area contributed by atoms with E-state index >= 15 is 0 Å². The van der Waals surface area contributed by atoms with Gasteiger partial charge in [-0.05, 0) is 92.8 Å². The predicted molar refractivity (Wildman–Crippen MR) is 175 cm³/mol. The van der Waals surface area contributed by atoms with Gasteiger partial charge in [-0.3, -0.25) is 14.4 Å². The van der Waals surface area contributed by atoms with Crippen LogP contribution in [0.4, 0.5) is 0 Å². The second-order valence-corrected chi connectivity index (χ2v) is 13.1. The van der Waals surface area contributed by atoms with Crippen molar-refractivity contribution < 1.29 is 38.1 Å². The Morgan fingerprint density at radius 2 is 1.79 bits per heavy atom. The molecular weight excluding hydrogens is 622 g/mol. The number of hydrogen-bond acceptors (Lipinski definition) is 9. The van der Waals surface area contributed by atoms with E-state index in [9.17, 15) is 19.2 Å². The van der Waals surface area contributed by atoms with Crippen molar-refractivity contribution in [3.63, 3.8) is 0 Å². The Bertz CT molecular complexity index is 1590. The minimum atomic E-state index is -1.36. The Kier molecular flexibility index (Phi) is 10.7. The minimum absolute atomic E-state index is 0.343. The molecule has 12 heteroatoms. The van der Waals surface area contributed by atoms with Crippen LogP contribution in [-0.2, 0) is 30.3 Å². The fraction of sp³-hybridized carbons (Fsp3) is 0.429. The molecule has 0 radical (unpaired) electrons. The number of benzene rings is 2. The lowest BCUT2D eigenvalue weighted by molar-refractivity contribution is -0.163. The average Bonchev–Trinajstić information content (AvgIpc) is 3.62. The van der Waals surface area contributed by atoms with E-state index in [0.717, 1.165) is 12.0 Å². The first-order valence-corrected chi connectivity index (χ1v) is 16.6. The molecule has 2 aliphatic heterocycles. The molecule has 0 unspecified atom stereocenters. The van der Waals surface area contributed by atoms with Crippen molar-refractivity contribution in [2.45, 2.75) is 69.7 Å². The summed E-state index contributed by atoms with van der Waals surface area (Å²) in [6.45, 7) is 3.12. The molecule has 0 aliphatic carbocycles. The Morgan fingerprint density at radius 1 is 0.979 bits per heavy atom. The number of nitrogens with zero attached hydrogens (tertiary/aromatic N) is 1. The third-order valence-electron chi connectivity index (χ3n) is 8.43. The number of methoxy groups -OCH3 is 2. The van der Waals surface area contributed by atoms with Crippen molar-refractivity contribution in [1.29, 1.82) is 0 Å². The van der Waals surface area contributed by atoms with Crippen LogP contribution in [0.3, 0.4) is 0 Å². The molecular formula is C35H41N3O8S. The molecule has 3 aromatic rings. The molecule has 1 saturated heterocycles. The summed E-state index contributed by atoms with van der Waals surface area (Å²) in [6.07, 6.45) is 2.18. The minimum Gasteiger partial charge on any atom is -0.493 e. The summed E-state index contributed by atoms with van der Waals surface area (Å²) in [5.41, 5.74) is 0.280. The van der Waals surface area contributed by atoms with E-state index in [1.807, 2.05) is 29.6 Å². The van der Waals surface area contributed by atoms with E-state index < -0.39 is 47.4 Å². The Balaban J connectivity index is 1.49. The molecule has 2 N–H and O–H groups in total. The van der Waals surface area contributed by atoms with Crippen molar-refractivity contribution in [3.05, 3.63) is 76.0 Å². The topological polar surface area (TPSA) is 132 Å². The van der Waals surface area contributed by atoms with Gasteiger partial charge in [0.15, 0.2) is 18.1 Å². The monoisotopic (exact) mass is 663 g/mol. The summed E-state index contributed by atoms with van der Waals surface area (Å²) < 4.78 is 22.9. The fourth-order valence-corrected chi connectivity index (χ4v) is 6.64. The van der Waals surface area contributed by atoms with Crippen LogP contribution in [-0.4, -0.2) is 67.5 Å². The quantitative estimate of drug-likeness (QED) is 0.369.